The molecule has 0 atom stereocenters. The van der Waals surface area contributed by atoms with Gasteiger partial charge < -0.3 is 14.0 Å². The molecular formula is C20H23N3O2. The fraction of sp³-hybridized carbons (Fsp3) is 0.350. The highest BCUT2D eigenvalue weighted by Gasteiger charge is 2.17. The molecule has 0 unspecified atom stereocenters. The molecule has 0 aliphatic carbocycles. The number of fused-ring (bicyclic) bond motifs is 1. The van der Waals surface area contributed by atoms with Crippen LogP contribution < -0.4 is 4.74 Å². The molecule has 0 N–H and O–H groups in total. The summed E-state index contributed by atoms with van der Waals surface area (Å²) in [7, 11) is 1.69. The van der Waals surface area contributed by atoms with Crippen molar-refractivity contribution >= 4 is 11.0 Å². The Balaban J connectivity index is 1.78. The van der Waals surface area contributed by atoms with Crippen molar-refractivity contribution in [3.05, 3.63) is 48.0 Å². The van der Waals surface area contributed by atoms with Gasteiger partial charge in [0.25, 0.3) is 0 Å². The van der Waals surface area contributed by atoms with Gasteiger partial charge in [-0.15, -0.1) is 0 Å². The highest BCUT2D eigenvalue weighted by Crippen LogP contribution is 2.27. The summed E-state index contributed by atoms with van der Waals surface area (Å²) >= 11 is 0. The first-order valence-electron chi connectivity index (χ1n) is 8.66. The van der Waals surface area contributed by atoms with Crippen LogP contribution >= 0.6 is 0 Å². The van der Waals surface area contributed by atoms with Gasteiger partial charge in [0, 0.05) is 18.7 Å². The molecule has 25 heavy (non-hydrogen) atoms. The average molecular weight is 337 g/mol. The van der Waals surface area contributed by atoms with Gasteiger partial charge >= 0.3 is 0 Å². The van der Waals surface area contributed by atoms with E-state index in [-0.39, 0.29) is 0 Å². The van der Waals surface area contributed by atoms with Gasteiger partial charge in [0.15, 0.2) is 0 Å². The van der Waals surface area contributed by atoms with Crippen LogP contribution in [0.2, 0.25) is 0 Å². The maximum atomic E-state index is 5.48. The number of benzene rings is 2. The summed E-state index contributed by atoms with van der Waals surface area (Å²) in [6, 6.07) is 14.6. The second-order valence-electron chi connectivity index (χ2n) is 6.46. The molecule has 5 nitrogen and oxygen atoms in total. The van der Waals surface area contributed by atoms with E-state index >= 15 is 0 Å². The number of imidazole rings is 1. The molecule has 0 amide bonds. The van der Waals surface area contributed by atoms with Crippen LogP contribution in [0.15, 0.2) is 42.5 Å². The lowest BCUT2D eigenvalue weighted by molar-refractivity contribution is 0.0244. The van der Waals surface area contributed by atoms with Gasteiger partial charge in [0.05, 0.1) is 38.0 Å². The fourth-order valence-electron chi connectivity index (χ4n) is 3.29. The first kappa shape index (κ1) is 16.1. The van der Waals surface area contributed by atoms with Gasteiger partial charge in [-0.05, 0) is 48.9 Å². The second-order valence-corrected chi connectivity index (χ2v) is 6.46. The van der Waals surface area contributed by atoms with Crippen LogP contribution in [-0.4, -0.2) is 47.9 Å². The number of hydrogen-bond donors (Lipinski definition) is 0. The van der Waals surface area contributed by atoms with Gasteiger partial charge in [0.2, 0.25) is 0 Å². The summed E-state index contributed by atoms with van der Waals surface area (Å²) in [5, 5.41) is 0. The number of aryl methyl sites for hydroxylation is 1. The molecule has 1 aliphatic rings. The fourth-order valence-corrected chi connectivity index (χ4v) is 3.29. The molecular weight excluding hydrogens is 314 g/mol. The molecule has 0 radical (unpaired) electrons. The maximum absolute atomic E-state index is 5.48. The number of morpholine rings is 1. The molecule has 5 heteroatoms. The van der Waals surface area contributed by atoms with Gasteiger partial charge in [-0.3, -0.25) is 4.90 Å². The minimum absolute atomic E-state index is 0.795. The van der Waals surface area contributed by atoms with E-state index in [1.807, 2.05) is 12.1 Å². The highest BCUT2D eigenvalue weighted by atomic mass is 16.5. The van der Waals surface area contributed by atoms with Crippen molar-refractivity contribution in [2.45, 2.75) is 13.6 Å². The molecule has 0 bridgehead atoms. The van der Waals surface area contributed by atoms with Crippen molar-refractivity contribution in [1.29, 1.82) is 0 Å². The summed E-state index contributed by atoms with van der Waals surface area (Å²) < 4.78 is 13.1. The van der Waals surface area contributed by atoms with Gasteiger partial charge in [-0.2, -0.15) is 0 Å². The summed E-state index contributed by atoms with van der Waals surface area (Å²) in [6.45, 7) is 6.42. The lowest BCUT2D eigenvalue weighted by Gasteiger charge is -2.27. The number of ether oxygens (including phenoxy) is 2. The van der Waals surface area contributed by atoms with Crippen LogP contribution in [0.5, 0.6) is 5.75 Å². The van der Waals surface area contributed by atoms with E-state index in [2.05, 4.69) is 46.7 Å². The topological polar surface area (TPSA) is 39.5 Å². The molecule has 3 aromatic rings. The second kappa shape index (κ2) is 6.86. The van der Waals surface area contributed by atoms with Crippen LogP contribution in [0.1, 0.15) is 5.56 Å². The van der Waals surface area contributed by atoms with Crippen molar-refractivity contribution in [2.24, 2.45) is 0 Å². The minimum Gasteiger partial charge on any atom is -0.497 e. The van der Waals surface area contributed by atoms with Crippen molar-refractivity contribution in [3.63, 3.8) is 0 Å². The maximum Gasteiger partial charge on any atom is 0.142 e. The summed E-state index contributed by atoms with van der Waals surface area (Å²) in [4.78, 5) is 7.34. The van der Waals surface area contributed by atoms with Gasteiger partial charge in [-0.25, -0.2) is 4.98 Å². The van der Waals surface area contributed by atoms with E-state index in [4.69, 9.17) is 14.5 Å². The average Bonchev–Trinajstić information content (AvgIpc) is 3.00. The SMILES string of the molecule is COc1ccc(-c2nc3cc(C)ccc3n2CN2CCOCC2)cc1. The smallest absolute Gasteiger partial charge is 0.142 e. The lowest BCUT2D eigenvalue weighted by Crippen LogP contribution is -2.37. The molecule has 0 saturated carbocycles. The van der Waals surface area contributed by atoms with E-state index in [9.17, 15) is 0 Å². The van der Waals surface area contributed by atoms with E-state index in [0.717, 1.165) is 55.6 Å². The molecule has 1 aliphatic heterocycles. The van der Waals surface area contributed by atoms with Gasteiger partial charge in [-0.1, -0.05) is 6.07 Å². The van der Waals surface area contributed by atoms with Crippen LogP contribution in [0.4, 0.5) is 0 Å². The Bertz CT molecular complexity index is 865. The number of methoxy groups -OCH3 is 1. The molecule has 4 rings (SSSR count). The standard InChI is InChI=1S/C20H23N3O2/c1-15-3-8-19-18(13-15)21-20(16-4-6-17(24-2)7-5-16)23(19)14-22-9-11-25-12-10-22/h3-8,13H,9-12,14H2,1-2H3. The third-order valence-corrected chi connectivity index (χ3v) is 4.70. The molecule has 1 aromatic heterocycles. The Morgan fingerprint density at radius 2 is 1.84 bits per heavy atom. The number of nitrogens with zero attached hydrogens (tertiary/aromatic N) is 3. The molecule has 130 valence electrons. The van der Waals surface area contributed by atoms with E-state index in [1.165, 1.54) is 11.1 Å². The Morgan fingerprint density at radius 3 is 2.56 bits per heavy atom. The Morgan fingerprint density at radius 1 is 1.08 bits per heavy atom. The lowest BCUT2D eigenvalue weighted by atomic mass is 10.2. The van der Waals surface area contributed by atoms with Crippen molar-refractivity contribution < 1.29 is 9.47 Å². The predicted molar refractivity (Wildman–Crippen MR) is 98.9 cm³/mol. The normalized spacial score (nSPS) is 15.6. The first-order chi connectivity index (χ1) is 12.2. The van der Waals surface area contributed by atoms with Crippen molar-refractivity contribution in [2.75, 3.05) is 33.4 Å². The minimum atomic E-state index is 0.795. The molecule has 1 fully saturated rings. The van der Waals surface area contributed by atoms with Crippen LogP contribution in [0.3, 0.4) is 0 Å². The summed E-state index contributed by atoms with van der Waals surface area (Å²) in [6.07, 6.45) is 0. The van der Waals surface area contributed by atoms with Crippen LogP contribution in [0.25, 0.3) is 22.4 Å². The number of rotatable bonds is 4. The molecule has 1 saturated heterocycles. The Labute approximate surface area is 147 Å². The number of aromatic nitrogens is 2. The van der Waals surface area contributed by atoms with E-state index in [1.54, 1.807) is 7.11 Å². The predicted octanol–water partition coefficient (Wildman–Crippen LogP) is 3.31. The zero-order chi connectivity index (χ0) is 17.2. The first-order valence-corrected chi connectivity index (χ1v) is 8.66. The summed E-state index contributed by atoms with van der Waals surface area (Å²) in [5.74, 6) is 1.85. The van der Waals surface area contributed by atoms with E-state index < -0.39 is 0 Å². The Kier molecular flexibility index (Phi) is 4.42. The van der Waals surface area contributed by atoms with Crippen LogP contribution in [0, 0.1) is 6.92 Å². The van der Waals surface area contributed by atoms with Crippen molar-refractivity contribution in [1.82, 2.24) is 14.5 Å². The zero-order valence-corrected chi connectivity index (χ0v) is 14.7. The zero-order valence-electron chi connectivity index (χ0n) is 14.7. The van der Waals surface area contributed by atoms with Crippen LogP contribution in [-0.2, 0) is 11.4 Å². The third-order valence-electron chi connectivity index (χ3n) is 4.70. The number of hydrogen-bond acceptors (Lipinski definition) is 4. The van der Waals surface area contributed by atoms with Gasteiger partial charge in [0.1, 0.15) is 11.6 Å². The molecule has 2 heterocycles. The molecule has 2 aromatic carbocycles. The summed E-state index contributed by atoms with van der Waals surface area (Å²) in [5.41, 5.74) is 4.54. The Hall–Kier alpha value is -2.37. The van der Waals surface area contributed by atoms with Crippen molar-refractivity contribution in [3.8, 4) is 17.1 Å². The quantitative estimate of drug-likeness (QED) is 0.732. The third kappa shape index (κ3) is 3.25. The molecule has 0 spiro atoms. The highest BCUT2D eigenvalue weighted by molar-refractivity contribution is 5.81. The largest absolute Gasteiger partial charge is 0.497 e. The van der Waals surface area contributed by atoms with E-state index in [0.29, 0.717) is 0 Å². The monoisotopic (exact) mass is 337 g/mol.